The van der Waals surface area contributed by atoms with Crippen LogP contribution in [0.2, 0.25) is 0 Å². The zero-order chi connectivity index (χ0) is 22.0. The number of ether oxygens (including phenoxy) is 1. The molecule has 0 aliphatic rings. The number of aromatic nitrogens is 2. The van der Waals surface area contributed by atoms with Crippen LogP contribution < -0.4 is 15.5 Å². The lowest BCUT2D eigenvalue weighted by Gasteiger charge is -2.19. The first-order chi connectivity index (χ1) is 15.0. The Hall–Kier alpha value is -4.20. The fourth-order valence-corrected chi connectivity index (χ4v) is 3.20. The molecule has 1 N–H and O–H groups in total. The van der Waals surface area contributed by atoms with Gasteiger partial charge in [-0.1, -0.05) is 18.2 Å². The van der Waals surface area contributed by atoms with Gasteiger partial charge in [-0.05, 0) is 49.4 Å². The number of aryl methyl sites for hydroxylation is 1. The number of carbonyl (C=O) groups excluding carboxylic acids is 1. The van der Waals surface area contributed by atoms with Gasteiger partial charge >= 0.3 is 0 Å². The number of amides is 1. The van der Waals surface area contributed by atoms with Gasteiger partial charge in [0.1, 0.15) is 23.1 Å². The van der Waals surface area contributed by atoms with Crippen molar-refractivity contribution in [3.63, 3.8) is 0 Å². The molecule has 2 aromatic heterocycles. The molecule has 0 bridgehead atoms. The van der Waals surface area contributed by atoms with E-state index < -0.39 is 11.7 Å². The number of methoxy groups -OCH3 is 1. The summed E-state index contributed by atoms with van der Waals surface area (Å²) in [5.74, 6) is -0.378. The number of para-hydroxylation sites is 1. The molecule has 8 heteroatoms. The van der Waals surface area contributed by atoms with E-state index in [1.54, 1.807) is 37.3 Å². The van der Waals surface area contributed by atoms with Crippen LogP contribution in [0.3, 0.4) is 0 Å². The second-order valence-corrected chi connectivity index (χ2v) is 6.66. The van der Waals surface area contributed by atoms with Crippen LogP contribution >= 0.6 is 0 Å². The number of anilines is 1. The van der Waals surface area contributed by atoms with Crippen LogP contribution in [0.25, 0.3) is 16.8 Å². The molecule has 156 valence electrons. The van der Waals surface area contributed by atoms with Crippen molar-refractivity contribution in [3.05, 3.63) is 94.4 Å². The minimum Gasteiger partial charge on any atom is -0.496 e. The number of hydrogen-bond acceptors (Lipinski definition) is 5. The number of benzene rings is 2. The van der Waals surface area contributed by atoms with Crippen molar-refractivity contribution in [3.8, 4) is 22.6 Å². The average molecular weight is 419 g/mol. The Morgan fingerprint density at radius 3 is 2.52 bits per heavy atom. The highest BCUT2D eigenvalue weighted by atomic mass is 19.1. The highest BCUT2D eigenvalue weighted by Gasteiger charge is 2.23. The Kier molecular flexibility index (Phi) is 5.36. The van der Waals surface area contributed by atoms with Gasteiger partial charge in [0.15, 0.2) is 5.76 Å². The molecule has 4 aromatic rings. The second-order valence-electron chi connectivity index (χ2n) is 6.66. The standard InChI is InChI=1S/C23H18FN3O4/c1-14-21(28)20(17-6-3-4-7-18(17)30-2)22(25-23(29)19-8-5-13-31-19)27(26-14)16-11-9-15(24)10-12-16/h3-13H,1-2H3,(H,25,29). The van der Waals surface area contributed by atoms with Gasteiger partial charge in [0.05, 0.1) is 24.6 Å². The Labute approximate surface area is 176 Å². The van der Waals surface area contributed by atoms with E-state index in [1.165, 1.54) is 48.4 Å². The molecule has 0 aliphatic heterocycles. The summed E-state index contributed by atoms with van der Waals surface area (Å²) in [5.41, 5.74) is 0.939. The Bertz CT molecular complexity index is 1300. The number of carbonyl (C=O) groups is 1. The first-order valence-corrected chi connectivity index (χ1v) is 9.37. The fraction of sp³-hybridized carbons (Fsp3) is 0.0870. The van der Waals surface area contributed by atoms with Gasteiger partial charge in [-0.2, -0.15) is 5.10 Å². The van der Waals surface area contributed by atoms with Gasteiger partial charge in [-0.3, -0.25) is 9.59 Å². The maximum Gasteiger partial charge on any atom is 0.292 e. The molecule has 0 spiro atoms. The molecule has 4 rings (SSSR count). The van der Waals surface area contributed by atoms with E-state index in [0.29, 0.717) is 17.0 Å². The molecule has 0 radical (unpaired) electrons. The molecule has 0 saturated heterocycles. The molecule has 0 saturated carbocycles. The number of hydrogen-bond donors (Lipinski definition) is 1. The summed E-state index contributed by atoms with van der Waals surface area (Å²) in [6.45, 7) is 1.57. The van der Waals surface area contributed by atoms with Crippen molar-refractivity contribution >= 4 is 11.7 Å². The van der Waals surface area contributed by atoms with Crippen LogP contribution in [-0.4, -0.2) is 22.8 Å². The van der Waals surface area contributed by atoms with E-state index in [4.69, 9.17) is 9.15 Å². The van der Waals surface area contributed by atoms with Crippen LogP contribution in [0.1, 0.15) is 16.2 Å². The van der Waals surface area contributed by atoms with Crippen molar-refractivity contribution in [1.82, 2.24) is 9.78 Å². The van der Waals surface area contributed by atoms with E-state index in [0.717, 1.165) is 0 Å². The van der Waals surface area contributed by atoms with Crippen LogP contribution in [0.15, 0.2) is 76.1 Å². The maximum atomic E-state index is 13.5. The monoisotopic (exact) mass is 419 g/mol. The summed E-state index contributed by atoms with van der Waals surface area (Å²) in [5, 5.41) is 7.08. The van der Waals surface area contributed by atoms with Gasteiger partial charge in [0.2, 0.25) is 5.43 Å². The summed E-state index contributed by atoms with van der Waals surface area (Å²) in [7, 11) is 1.49. The number of halogens is 1. The lowest BCUT2D eigenvalue weighted by atomic mass is 10.0. The summed E-state index contributed by atoms with van der Waals surface area (Å²) in [6, 6.07) is 15.6. The smallest absolute Gasteiger partial charge is 0.292 e. The summed E-state index contributed by atoms with van der Waals surface area (Å²) in [6.07, 6.45) is 1.37. The normalized spacial score (nSPS) is 10.7. The van der Waals surface area contributed by atoms with E-state index in [9.17, 15) is 14.0 Å². The highest BCUT2D eigenvalue weighted by molar-refractivity contribution is 6.04. The Balaban J connectivity index is 2.01. The van der Waals surface area contributed by atoms with Gasteiger partial charge in [-0.25, -0.2) is 9.07 Å². The lowest BCUT2D eigenvalue weighted by Crippen LogP contribution is -2.25. The van der Waals surface area contributed by atoms with Crippen LogP contribution in [0.4, 0.5) is 10.2 Å². The quantitative estimate of drug-likeness (QED) is 0.524. The number of nitrogens with one attached hydrogen (secondary N) is 1. The molecule has 2 heterocycles. The highest BCUT2D eigenvalue weighted by Crippen LogP contribution is 2.33. The van der Waals surface area contributed by atoms with Gasteiger partial charge in [0.25, 0.3) is 5.91 Å². The Morgan fingerprint density at radius 1 is 1.10 bits per heavy atom. The fourth-order valence-electron chi connectivity index (χ4n) is 3.20. The SMILES string of the molecule is COc1ccccc1-c1c(NC(=O)c2ccco2)n(-c2ccc(F)cc2)nc(C)c1=O. The molecule has 31 heavy (non-hydrogen) atoms. The number of furan rings is 1. The molecular weight excluding hydrogens is 401 g/mol. The van der Waals surface area contributed by atoms with Crippen molar-refractivity contribution in [2.24, 2.45) is 0 Å². The first-order valence-electron chi connectivity index (χ1n) is 9.37. The maximum absolute atomic E-state index is 13.5. The van der Waals surface area contributed by atoms with E-state index in [2.05, 4.69) is 10.4 Å². The van der Waals surface area contributed by atoms with E-state index in [1.807, 2.05) is 0 Å². The molecule has 0 aliphatic carbocycles. The minimum atomic E-state index is -0.568. The van der Waals surface area contributed by atoms with Gasteiger partial charge in [0, 0.05) is 5.56 Å². The topological polar surface area (TPSA) is 86.4 Å². The third-order valence-electron chi connectivity index (χ3n) is 4.68. The number of nitrogens with zero attached hydrogens (tertiary/aromatic N) is 2. The zero-order valence-corrected chi connectivity index (χ0v) is 16.8. The molecule has 0 unspecified atom stereocenters. The van der Waals surface area contributed by atoms with E-state index >= 15 is 0 Å². The molecule has 7 nitrogen and oxygen atoms in total. The molecule has 0 atom stereocenters. The lowest BCUT2D eigenvalue weighted by molar-refractivity contribution is 0.0996. The van der Waals surface area contributed by atoms with Crippen molar-refractivity contribution in [2.75, 3.05) is 12.4 Å². The van der Waals surface area contributed by atoms with Crippen LogP contribution in [0.5, 0.6) is 5.75 Å². The molecular formula is C23H18FN3O4. The zero-order valence-electron chi connectivity index (χ0n) is 16.8. The molecule has 1 amide bonds. The first kappa shape index (κ1) is 20.1. The summed E-state index contributed by atoms with van der Waals surface area (Å²) in [4.78, 5) is 26.0. The Morgan fingerprint density at radius 2 is 1.84 bits per heavy atom. The van der Waals surface area contributed by atoms with Gasteiger partial charge < -0.3 is 14.5 Å². The third-order valence-corrected chi connectivity index (χ3v) is 4.68. The predicted octanol–water partition coefficient (Wildman–Crippen LogP) is 4.20. The molecule has 0 fully saturated rings. The van der Waals surface area contributed by atoms with Gasteiger partial charge in [-0.15, -0.1) is 0 Å². The summed E-state index contributed by atoms with van der Waals surface area (Å²) >= 11 is 0. The second kappa shape index (κ2) is 8.27. The van der Waals surface area contributed by atoms with Crippen molar-refractivity contribution < 1.29 is 18.3 Å². The minimum absolute atomic E-state index is 0.0599. The average Bonchev–Trinajstić information content (AvgIpc) is 3.32. The number of rotatable bonds is 5. The predicted molar refractivity (Wildman–Crippen MR) is 113 cm³/mol. The largest absolute Gasteiger partial charge is 0.496 e. The van der Waals surface area contributed by atoms with Crippen LogP contribution in [0, 0.1) is 12.7 Å². The van der Waals surface area contributed by atoms with E-state index in [-0.39, 0.29) is 28.3 Å². The van der Waals surface area contributed by atoms with Crippen molar-refractivity contribution in [1.29, 1.82) is 0 Å². The van der Waals surface area contributed by atoms with Crippen LogP contribution in [-0.2, 0) is 0 Å². The third kappa shape index (κ3) is 3.83. The summed E-state index contributed by atoms with van der Waals surface area (Å²) < 4.78 is 25.5. The molecule has 2 aromatic carbocycles. The van der Waals surface area contributed by atoms with Crippen molar-refractivity contribution in [2.45, 2.75) is 6.92 Å².